The maximum atomic E-state index is 5.38. The molecular weight excluding hydrogens is 168 g/mol. The Morgan fingerprint density at radius 2 is 1.77 bits per heavy atom. The van der Waals surface area contributed by atoms with Crippen molar-refractivity contribution in [2.45, 2.75) is 0 Å². The molecule has 0 rings (SSSR count). The lowest BCUT2D eigenvalue weighted by molar-refractivity contribution is 0.117. The molecule has 0 heterocycles. The van der Waals surface area contributed by atoms with Gasteiger partial charge in [-0.1, -0.05) is 0 Å². The van der Waals surface area contributed by atoms with E-state index in [4.69, 9.17) is 9.47 Å². The van der Waals surface area contributed by atoms with Gasteiger partial charge < -0.3 is 19.7 Å². The molecule has 0 bridgehead atoms. The van der Waals surface area contributed by atoms with Crippen LogP contribution >= 0.6 is 0 Å². The Bertz CT molecular complexity index is 99.6. The molecule has 1 N–H and O–H groups in total. The molecule has 0 spiro atoms. The van der Waals surface area contributed by atoms with Gasteiger partial charge in [-0.25, -0.2) is 0 Å². The lowest BCUT2D eigenvalue weighted by Gasteiger charge is -2.09. The molecule has 0 aliphatic rings. The molecule has 0 unspecified atom stereocenters. The zero-order valence-electron chi connectivity index (χ0n) is 9.01. The lowest BCUT2D eigenvalue weighted by Crippen LogP contribution is -2.25. The summed E-state index contributed by atoms with van der Waals surface area (Å²) >= 11 is 0. The van der Waals surface area contributed by atoms with Gasteiger partial charge in [-0.2, -0.15) is 0 Å². The molecule has 0 radical (unpaired) electrons. The van der Waals surface area contributed by atoms with E-state index in [0.717, 1.165) is 39.5 Å². The first-order chi connectivity index (χ1) is 6.27. The van der Waals surface area contributed by atoms with E-state index in [2.05, 4.69) is 10.2 Å². The average molecular weight is 190 g/mol. The van der Waals surface area contributed by atoms with Gasteiger partial charge >= 0.3 is 0 Å². The first-order valence-electron chi connectivity index (χ1n) is 4.69. The number of hydrogen-bond donors (Lipinski definition) is 1. The van der Waals surface area contributed by atoms with E-state index in [0.29, 0.717) is 0 Å². The first-order valence-corrected chi connectivity index (χ1v) is 4.69. The second-order valence-electron chi connectivity index (χ2n) is 3.16. The van der Waals surface area contributed by atoms with E-state index in [9.17, 15) is 0 Å². The molecule has 0 aromatic rings. The standard InChI is InChI=1S/C9H22N2O2/c1-11(2)6-9-13-8-5-10-4-7-12-3/h10H,4-9H2,1-3H3. The summed E-state index contributed by atoms with van der Waals surface area (Å²) in [5, 5.41) is 3.21. The van der Waals surface area contributed by atoms with Gasteiger partial charge in [-0.05, 0) is 14.1 Å². The third-order valence-corrected chi connectivity index (χ3v) is 1.59. The van der Waals surface area contributed by atoms with E-state index in [1.807, 2.05) is 14.1 Å². The van der Waals surface area contributed by atoms with Crippen LogP contribution in [0.1, 0.15) is 0 Å². The van der Waals surface area contributed by atoms with Crippen molar-refractivity contribution >= 4 is 0 Å². The fourth-order valence-corrected chi connectivity index (χ4v) is 0.793. The molecular formula is C9H22N2O2. The van der Waals surface area contributed by atoms with Crippen molar-refractivity contribution in [3.63, 3.8) is 0 Å². The SMILES string of the molecule is COCCNCCOCCN(C)C. The quantitative estimate of drug-likeness (QED) is 0.511. The number of rotatable bonds is 9. The van der Waals surface area contributed by atoms with Gasteiger partial charge in [0.05, 0.1) is 19.8 Å². The van der Waals surface area contributed by atoms with Gasteiger partial charge in [-0.3, -0.25) is 0 Å². The summed E-state index contributed by atoms with van der Waals surface area (Å²) in [4.78, 5) is 2.11. The van der Waals surface area contributed by atoms with Crippen molar-refractivity contribution in [3.05, 3.63) is 0 Å². The third-order valence-electron chi connectivity index (χ3n) is 1.59. The van der Waals surface area contributed by atoms with Gasteiger partial charge in [0.1, 0.15) is 0 Å². The van der Waals surface area contributed by atoms with Gasteiger partial charge in [0.2, 0.25) is 0 Å². The predicted molar refractivity (Wildman–Crippen MR) is 54.1 cm³/mol. The van der Waals surface area contributed by atoms with Gasteiger partial charge in [0.25, 0.3) is 0 Å². The van der Waals surface area contributed by atoms with E-state index in [1.54, 1.807) is 7.11 Å². The van der Waals surface area contributed by atoms with Crippen molar-refractivity contribution in [1.29, 1.82) is 0 Å². The molecule has 4 heteroatoms. The van der Waals surface area contributed by atoms with Crippen molar-refractivity contribution < 1.29 is 9.47 Å². The molecule has 0 aliphatic carbocycles. The van der Waals surface area contributed by atoms with Gasteiger partial charge in [-0.15, -0.1) is 0 Å². The zero-order valence-corrected chi connectivity index (χ0v) is 9.01. The minimum absolute atomic E-state index is 0.762. The van der Waals surface area contributed by atoms with Crippen LogP contribution in [-0.2, 0) is 9.47 Å². The lowest BCUT2D eigenvalue weighted by atomic mass is 10.6. The monoisotopic (exact) mass is 190 g/mol. The number of nitrogens with zero attached hydrogens (tertiary/aromatic N) is 1. The highest BCUT2D eigenvalue weighted by Crippen LogP contribution is 1.77. The molecule has 0 saturated carbocycles. The van der Waals surface area contributed by atoms with Crippen LogP contribution in [0.2, 0.25) is 0 Å². The number of hydrogen-bond acceptors (Lipinski definition) is 4. The second-order valence-corrected chi connectivity index (χ2v) is 3.16. The van der Waals surface area contributed by atoms with Crippen molar-refractivity contribution in [2.24, 2.45) is 0 Å². The summed E-state index contributed by atoms with van der Waals surface area (Å²) in [6, 6.07) is 0. The molecule has 0 amide bonds. The summed E-state index contributed by atoms with van der Waals surface area (Å²) in [6.07, 6.45) is 0. The van der Waals surface area contributed by atoms with Crippen LogP contribution in [0.3, 0.4) is 0 Å². The van der Waals surface area contributed by atoms with E-state index in [-0.39, 0.29) is 0 Å². The second kappa shape index (κ2) is 9.92. The summed E-state index contributed by atoms with van der Waals surface area (Å²) in [7, 11) is 5.79. The van der Waals surface area contributed by atoms with Crippen LogP contribution < -0.4 is 5.32 Å². The zero-order chi connectivity index (χ0) is 9.94. The van der Waals surface area contributed by atoms with Crippen LogP contribution in [0.4, 0.5) is 0 Å². The molecule has 80 valence electrons. The molecule has 0 aromatic heterocycles. The fraction of sp³-hybridized carbons (Fsp3) is 1.00. The predicted octanol–water partition coefficient (Wildman–Crippen LogP) is -0.199. The van der Waals surface area contributed by atoms with Crippen LogP contribution in [0, 0.1) is 0 Å². The molecule has 0 fully saturated rings. The molecule has 0 aliphatic heterocycles. The maximum absolute atomic E-state index is 5.38. The van der Waals surface area contributed by atoms with Crippen LogP contribution in [-0.4, -0.2) is 65.6 Å². The Morgan fingerprint density at radius 1 is 1.08 bits per heavy atom. The Hall–Kier alpha value is -0.160. The van der Waals surface area contributed by atoms with Gasteiger partial charge in [0, 0.05) is 26.7 Å². The van der Waals surface area contributed by atoms with Crippen molar-refractivity contribution in [2.75, 3.05) is 60.7 Å². The van der Waals surface area contributed by atoms with Gasteiger partial charge in [0.15, 0.2) is 0 Å². The first kappa shape index (κ1) is 12.8. The average Bonchev–Trinajstić information content (AvgIpc) is 2.09. The Kier molecular flexibility index (Phi) is 9.80. The van der Waals surface area contributed by atoms with Crippen molar-refractivity contribution in [1.82, 2.24) is 10.2 Å². The number of likely N-dealkylation sites (N-methyl/N-ethyl adjacent to an activating group) is 1. The summed E-state index contributed by atoms with van der Waals surface area (Å²) in [6.45, 7) is 5.12. The minimum atomic E-state index is 0.762. The number of ether oxygens (including phenoxy) is 2. The largest absolute Gasteiger partial charge is 0.383 e. The minimum Gasteiger partial charge on any atom is -0.383 e. The van der Waals surface area contributed by atoms with Crippen LogP contribution in [0.5, 0.6) is 0 Å². The molecule has 13 heavy (non-hydrogen) atoms. The smallest absolute Gasteiger partial charge is 0.0593 e. The fourth-order valence-electron chi connectivity index (χ4n) is 0.793. The highest BCUT2D eigenvalue weighted by molar-refractivity contribution is 4.45. The molecule has 0 aromatic carbocycles. The van der Waals surface area contributed by atoms with Crippen molar-refractivity contribution in [3.8, 4) is 0 Å². The Morgan fingerprint density at radius 3 is 2.38 bits per heavy atom. The van der Waals surface area contributed by atoms with E-state index < -0.39 is 0 Å². The normalized spacial score (nSPS) is 11.1. The number of methoxy groups -OCH3 is 1. The van der Waals surface area contributed by atoms with E-state index in [1.165, 1.54) is 0 Å². The summed E-state index contributed by atoms with van der Waals surface area (Å²) in [5.41, 5.74) is 0. The van der Waals surface area contributed by atoms with Crippen LogP contribution in [0.15, 0.2) is 0 Å². The highest BCUT2D eigenvalue weighted by atomic mass is 16.5. The highest BCUT2D eigenvalue weighted by Gasteiger charge is 1.90. The molecule has 4 nitrogen and oxygen atoms in total. The third kappa shape index (κ3) is 11.8. The van der Waals surface area contributed by atoms with Crippen LogP contribution in [0.25, 0.3) is 0 Å². The van der Waals surface area contributed by atoms with E-state index >= 15 is 0 Å². The topological polar surface area (TPSA) is 33.7 Å². The number of nitrogens with one attached hydrogen (secondary N) is 1. The maximum Gasteiger partial charge on any atom is 0.0593 e. The summed E-state index contributed by atoms with van der Waals surface area (Å²) < 4.78 is 10.3. The molecule has 0 saturated heterocycles. The molecule has 0 atom stereocenters. The Balaban J connectivity index is 2.84. The summed E-state index contributed by atoms with van der Waals surface area (Å²) in [5.74, 6) is 0. The Labute approximate surface area is 81.2 Å².